The monoisotopic (exact) mass is 279 g/mol. The number of carboxylic acids is 1. The van der Waals surface area contributed by atoms with Crippen molar-refractivity contribution < 1.29 is 24.5 Å². The lowest BCUT2D eigenvalue weighted by molar-refractivity contribution is -0.148. The van der Waals surface area contributed by atoms with Crippen molar-refractivity contribution in [2.45, 2.75) is 25.5 Å². The molecule has 6 nitrogen and oxygen atoms in total. The number of aliphatic hydroxyl groups excluding tert-OH is 1. The maximum Gasteiger partial charge on any atom is 0.326 e. The van der Waals surface area contributed by atoms with E-state index in [1.54, 1.807) is 12.1 Å². The number of hydrogen-bond donors (Lipinski definition) is 2. The molecule has 0 unspecified atom stereocenters. The first-order valence-electron chi connectivity index (χ1n) is 6.37. The van der Waals surface area contributed by atoms with Gasteiger partial charge in [-0.15, -0.1) is 0 Å². The Morgan fingerprint density at radius 3 is 2.85 bits per heavy atom. The number of carbonyl (C=O) groups is 2. The predicted molar refractivity (Wildman–Crippen MR) is 70.4 cm³/mol. The zero-order valence-corrected chi connectivity index (χ0v) is 11.2. The number of aliphatic carboxylic acids is 1. The maximum absolute atomic E-state index is 12.0. The first-order valence-corrected chi connectivity index (χ1v) is 6.37. The van der Waals surface area contributed by atoms with Crippen LogP contribution in [0.3, 0.4) is 0 Å². The number of amides is 1. The molecule has 0 aromatic heterocycles. The van der Waals surface area contributed by atoms with E-state index in [4.69, 9.17) is 9.84 Å². The van der Waals surface area contributed by atoms with Crippen molar-refractivity contribution in [2.24, 2.45) is 0 Å². The van der Waals surface area contributed by atoms with Crippen LogP contribution < -0.4 is 4.74 Å². The van der Waals surface area contributed by atoms with Crippen molar-refractivity contribution in [1.29, 1.82) is 0 Å². The second-order valence-corrected chi connectivity index (χ2v) is 4.89. The Hall–Kier alpha value is -2.08. The predicted octanol–water partition coefficient (Wildman–Crippen LogP) is 0.420. The molecule has 20 heavy (non-hydrogen) atoms. The summed E-state index contributed by atoms with van der Waals surface area (Å²) in [5.41, 5.74) is 1.01. The second kappa shape index (κ2) is 5.92. The molecule has 1 aromatic carbocycles. The third-order valence-electron chi connectivity index (χ3n) is 3.24. The molecule has 108 valence electrons. The Morgan fingerprint density at radius 1 is 1.45 bits per heavy atom. The summed E-state index contributed by atoms with van der Waals surface area (Å²) in [7, 11) is 0. The summed E-state index contributed by atoms with van der Waals surface area (Å²) < 4.78 is 5.36. The summed E-state index contributed by atoms with van der Waals surface area (Å²) in [6, 6.07) is 6.27. The molecule has 0 spiro atoms. The van der Waals surface area contributed by atoms with E-state index in [2.05, 4.69) is 0 Å². The van der Waals surface area contributed by atoms with Crippen molar-refractivity contribution >= 4 is 11.9 Å². The standard InChI is InChI=1S/C14H17NO5/c1-9-3-2-4-11(5-9)20-8-13(17)15-7-10(16)6-12(15)14(18)19/h2-5,10,12,16H,6-8H2,1H3,(H,18,19)/t10-,12+/m1/s1. The van der Waals surface area contributed by atoms with Gasteiger partial charge in [-0.1, -0.05) is 12.1 Å². The van der Waals surface area contributed by atoms with Gasteiger partial charge in [0.15, 0.2) is 6.61 Å². The molecule has 1 aliphatic rings. The number of β-amino-alcohol motifs (C(OH)–C–C–N with tert-alkyl or cyclic N) is 1. The number of rotatable bonds is 4. The van der Waals surface area contributed by atoms with Gasteiger partial charge in [0.2, 0.25) is 0 Å². The molecule has 1 amide bonds. The number of ether oxygens (including phenoxy) is 1. The van der Waals surface area contributed by atoms with Crippen LogP contribution in [-0.4, -0.2) is 52.3 Å². The van der Waals surface area contributed by atoms with Crippen LogP contribution in [0.2, 0.25) is 0 Å². The van der Waals surface area contributed by atoms with E-state index in [0.29, 0.717) is 5.75 Å². The van der Waals surface area contributed by atoms with Gasteiger partial charge in [-0.05, 0) is 24.6 Å². The summed E-state index contributed by atoms with van der Waals surface area (Å²) in [5, 5.41) is 18.5. The van der Waals surface area contributed by atoms with E-state index in [1.165, 1.54) is 0 Å². The second-order valence-electron chi connectivity index (χ2n) is 4.89. The van der Waals surface area contributed by atoms with Gasteiger partial charge >= 0.3 is 5.97 Å². The number of carbonyl (C=O) groups excluding carboxylic acids is 1. The third kappa shape index (κ3) is 3.27. The normalized spacial score (nSPS) is 21.8. The number of aliphatic hydroxyl groups is 1. The number of carboxylic acid groups (broad SMARTS) is 1. The summed E-state index contributed by atoms with van der Waals surface area (Å²) >= 11 is 0. The molecular weight excluding hydrogens is 262 g/mol. The van der Waals surface area contributed by atoms with Crippen molar-refractivity contribution in [2.75, 3.05) is 13.2 Å². The molecule has 2 rings (SSSR count). The minimum Gasteiger partial charge on any atom is -0.484 e. The Kier molecular flexibility index (Phi) is 4.24. The molecule has 2 atom stereocenters. The summed E-state index contributed by atoms with van der Waals surface area (Å²) in [4.78, 5) is 24.2. The minimum atomic E-state index is -1.11. The highest BCUT2D eigenvalue weighted by Crippen LogP contribution is 2.19. The molecule has 0 aliphatic carbocycles. The summed E-state index contributed by atoms with van der Waals surface area (Å²) in [5.74, 6) is -0.981. The van der Waals surface area contributed by atoms with Gasteiger partial charge in [0.1, 0.15) is 11.8 Å². The van der Waals surface area contributed by atoms with Crippen LogP contribution in [0.15, 0.2) is 24.3 Å². The first-order chi connectivity index (χ1) is 9.47. The van der Waals surface area contributed by atoms with E-state index in [9.17, 15) is 14.7 Å². The Bertz CT molecular complexity index is 516. The van der Waals surface area contributed by atoms with Gasteiger partial charge in [-0.25, -0.2) is 4.79 Å². The SMILES string of the molecule is Cc1cccc(OCC(=O)N2C[C@H](O)C[C@H]2C(=O)O)c1. The van der Waals surface area contributed by atoms with Crippen LogP contribution >= 0.6 is 0 Å². The van der Waals surface area contributed by atoms with Gasteiger partial charge in [-0.3, -0.25) is 4.79 Å². The van der Waals surface area contributed by atoms with Gasteiger partial charge in [0.25, 0.3) is 5.91 Å². The molecule has 0 radical (unpaired) electrons. The van der Waals surface area contributed by atoms with Crippen LogP contribution in [0.5, 0.6) is 5.75 Å². The van der Waals surface area contributed by atoms with Crippen molar-refractivity contribution in [3.05, 3.63) is 29.8 Å². The Labute approximate surface area is 116 Å². The molecule has 0 bridgehead atoms. The number of hydrogen-bond acceptors (Lipinski definition) is 4. The Balaban J connectivity index is 1.96. The van der Waals surface area contributed by atoms with E-state index < -0.39 is 24.0 Å². The van der Waals surface area contributed by atoms with Crippen LogP contribution in [-0.2, 0) is 9.59 Å². The smallest absolute Gasteiger partial charge is 0.326 e. The fraction of sp³-hybridized carbons (Fsp3) is 0.429. The van der Waals surface area contributed by atoms with Gasteiger partial charge in [0, 0.05) is 13.0 Å². The number of nitrogens with zero attached hydrogens (tertiary/aromatic N) is 1. The van der Waals surface area contributed by atoms with Crippen LogP contribution in [0.4, 0.5) is 0 Å². The molecule has 0 saturated carbocycles. The number of likely N-dealkylation sites (tertiary alicyclic amines) is 1. The van der Waals surface area contributed by atoms with E-state index >= 15 is 0 Å². The van der Waals surface area contributed by atoms with E-state index in [1.807, 2.05) is 19.1 Å². The van der Waals surface area contributed by atoms with Crippen LogP contribution in [0.25, 0.3) is 0 Å². The zero-order chi connectivity index (χ0) is 14.7. The van der Waals surface area contributed by atoms with Crippen LogP contribution in [0.1, 0.15) is 12.0 Å². The number of benzene rings is 1. The summed E-state index contributed by atoms with van der Waals surface area (Å²) in [6.07, 6.45) is -0.732. The van der Waals surface area contributed by atoms with Crippen molar-refractivity contribution in [1.82, 2.24) is 4.90 Å². The quantitative estimate of drug-likeness (QED) is 0.834. The Morgan fingerprint density at radius 2 is 2.20 bits per heavy atom. The first kappa shape index (κ1) is 14.3. The van der Waals surface area contributed by atoms with E-state index in [-0.39, 0.29) is 19.6 Å². The fourth-order valence-electron chi connectivity index (χ4n) is 2.26. The van der Waals surface area contributed by atoms with Gasteiger partial charge in [-0.2, -0.15) is 0 Å². The number of aryl methyl sites for hydroxylation is 1. The molecular formula is C14H17NO5. The highest BCUT2D eigenvalue weighted by Gasteiger charge is 2.38. The third-order valence-corrected chi connectivity index (χ3v) is 3.24. The minimum absolute atomic E-state index is 0.0347. The topological polar surface area (TPSA) is 87.1 Å². The highest BCUT2D eigenvalue weighted by molar-refractivity contribution is 5.85. The zero-order valence-electron chi connectivity index (χ0n) is 11.2. The lowest BCUT2D eigenvalue weighted by Crippen LogP contribution is -2.42. The van der Waals surface area contributed by atoms with Gasteiger partial charge in [0.05, 0.1) is 6.10 Å². The van der Waals surface area contributed by atoms with Crippen LogP contribution in [0, 0.1) is 6.92 Å². The van der Waals surface area contributed by atoms with Gasteiger partial charge < -0.3 is 19.8 Å². The average molecular weight is 279 g/mol. The molecule has 6 heteroatoms. The molecule has 1 aliphatic heterocycles. The lowest BCUT2D eigenvalue weighted by Gasteiger charge is -2.21. The fourth-order valence-corrected chi connectivity index (χ4v) is 2.26. The largest absolute Gasteiger partial charge is 0.484 e. The average Bonchev–Trinajstić information content (AvgIpc) is 2.78. The van der Waals surface area contributed by atoms with Crippen molar-refractivity contribution in [3.8, 4) is 5.75 Å². The summed E-state index contributed by atoms with van der Waals surface area (Å²) in [6.45, 7) is 1.71. The maximum atomic E-state index is 12.0. The molecule has 1 heterocycles. The van der Waals surface area contributed by atoms with E-state index in [0.717, 1.165) is 10.5 Å². The molecule has 1 fully saturated rings. The van der Waals surface area contributed by atoms with Crippen molar-refractivity contribution in [3.63, 3.8) is 0 Å². The lowest BCUT2D eigenvalue weighted by atomic mass is 10.2. The molecule has 1 aromatic rings. The molecule has 1 saturated heterocycles. The highest BCUT2D eigenvalue weighted by atomic mass is 16.5. The molecule has 2 N–H and O–H groups in total.